The molecule has 0 aliphatic heterocycles. The van der Waals surface area contributed by atoms with E-state index in [-0.39, 0.29) is 6.04 Å². The van der Waals surface area contributed by atoms with Gasteiger partial charge < -0.3 is 5.73 Å². The van der Waals surface area contributed by atoms with Crippen LogP contribution in [-0.2, 0) is 9.84 Å². The van der Waals surface area contributed by atoms with E-state index in [9.17, 15) is 8.42 Å². The molecule has 1 saturated carbocycles. The summed E-state index contributed by atoms with van der Waals surface area (Å²) in [7, 11) is -3.32. The van der Waals surface area contributed by atoms with Crippen molar-refractivity contribution in [2.45, 2.75) is 68.6 Å². The second kappa shape index (κ2) is 6.49. The predicted molar refractivity (Wildman–Crippen MR) is 87.1 cm³/mol. The van der Waals surface area contributed by atoms with Crippen molar-refractivity contribution >= 4 is 9.84 Å². The molecule has 0 aromatic heterocycles. The van der Waals surface area contributed by atoms with Crippen LogP contribution >= 0.6 is 0 Å². The number of sulfone groups is 1. The first kappa shape index (κ1) is 16.5. The second-order valence-electron chi connectivity index (χ2n) is 6.56. The Balaban J connectivity index is 2.27. The van der Waals surface area contributed by atoms with Gasteiger partial charge in [-0.3, -0.25) is 0 Å². The largest absolute Gasteiger partial charge is 0.327 e. The summed E-state index contributed by atoms with van der Waals surface area (Å²) in [6.45, 7) is 6.33. The van der Waals surface area contributed by atoms with Gasteiger partial charge in [0.2, 0.25) is 0 Å². The van der Waals surface area contributed by atoms with Crippen molar-refractivity contribution in [3.8, 4) is 0 Å². The van der Waals surface area contributed by atoms with Crippen LogP contribution < -0.4 is 5.73 Å². The van der Waals surface area contributed by atoms with Gasteiger partial charge in [0, 0.05) is 6.04 Å². The molecule has 1 aromatic carbocycles. The molecule has 0 radical (unpaired) electrons. The van der Waals surface area contributed by atoms with E-state index in [0.717, 1.165) is 24.8 Å². The zero-order valence-electron chi connectivity index (χ0n) is 13.2. The van der Waals surface area contributed by atoms with Crippen molar-refractivity contribution in [2.75, 3.05) is 0 Å². The van der Waals surface area contributed by atoms with Crippen LogP contribution in [0.2, 0.25) is 0 Å². The average molecular weight is 309 g/mol. The summed E-state index contributed by atoms with van der Waals surface area (Å²) in [6.07, 6.45) is 3.60. The lowest BCUT2D eigenvalue weighted by Crippen LogP contribution is -2.45. The molecule has 1 aliphatic rings. The van der Waals surface area contributed by atoms with Crippen LogP contribution in [0.4, 0.5) is 0 Å². The third-order valence-electron chi connectivity index (χ3n) is 4.80. The predicted octanol–water partition coefficient (Wildman–Crippen LogP) is 3.49. The zero-order chi connectivity index (χ0) is 15.6. The smallest absolute Gasteiger partial charge is 0.182 e. The Hall–Kier alpha value is -0.870. The van der Waals surface area contributed by atoms with Gasteiger partial charge in [-0.15, -0.1) is 0 Å². The molecular formula is C17H27NO2S. The van der Waals surface area contributed by atoms with Crippen LogP contribution in [0.1, 0.15) is 57.9 Å². The van der Waals surface area contributed by atoms with Crippen molar-refractivity contribution in [1.29, 1.82) is 0 Å². The number of nitrogens with two attached hydrogens (primary N) is 1. The van der Waals surface area contributed by atoms with E-state index in [1.54, 1.807) is 12.1 Å². The van der Waals surface area contributed by atoms with Gasteiger partial charge in [-0.2, -0.15) is 0 Å². The zero-order valence-corrected chi connectivity index (χ0v) is 14.1. The van der Waals surface area contributed by atoms with Crippen molar-refractivity contribution in [3.05, 3.63) is 29.8 Å². The summed E-state index contributed by atoms with van der Waals surface area (Å²) in [6, 6.07) is 7.09. The molecule has 0 heterocycles. The first-order valence-corrected chi connectivity index (χ1v) is 9.50. The monoisotopic (exact) mass is 309 g/mol. The Morgan fingerprint density at radius 3 is 2.33 bits per heavy atom. The summed E-state index contributed by atoms with van der Waals surface area (Å²) in [5.74, 6) is 0.891. The molecule has 118 valence electrons. The molecule has 0 bridgehead atoms. The van der Waals surface area contributed by atoms with E-state index in [1.807, 2.05) is 12.1 Å². The number of benzene rings is 1. The Bertz CT molecular complexity index is 563. The van der Waals surface area contributed by atoms with Gasteiger partial charge in [0.25, 0.3) is 0 Å². The maximum Gasteiger partial charge on any atom is 0.182 e. The molecule has 21 heavy (non-hydrogen) atoms. The molecule has 0 saturated heterocycles. The third kappa shape index (κ3) is 3.49. The van der Waals surface area contributed by atoms with Gasteiger partial charge in [0.05, 0.1) is 10.1 Å². The maximum atomic E-state index is 12.9. The molecule has 1 fully saturated rings. The van der Waals surface area contributed by atoms with Crippen LogP contribution in [0, 0.1) is 5.92 Å². The van der Waals surface area contributed by atoms with E-state index < -0.39 is 15.1 Å². The molecular weight excluding hydrogens is 282 g/mol. The first-order valence-electron chi connectivity index (χ1n) is 7.95. The van der Waals surface area contributed by atoms with Crippen LogP contribution in [0.3, 0.4) is 0 Å². The number of rotatable bonds is 4. The highest BCUT2D eigenvalue weighted by molar-refractivity contribution is 7.92. The van der Waals surface area contributed by atoms with Gasteiger partial charge >= 0.3 is 0 Å². The topological polar surface area (TPSA) is 60.2 Å². The SMILES string of the molecule is CCC1CCC(N)C(S(=O)(=O)c2ccc(C(C)C)cc2)C1. The van der Waals surface area contributed by atoms with Gasteiger partial charge in [0.1, 0.15) is 0 Å². The van der Waals surface area contributed by atoms with Crippen molar-refractivity contribution < 1.29 is 8.42 Å². The fourth-order valence-corrected chi connectivity index (χ4v) is 5.17. The summed E-state index contributed by atoms with van der Waals surface area (Å²) < 4.78 is 25.7. The van der Waals surface area contributed by atoms with E-state index >= 15 is 0 Å². The standard InChI is InChI=1S/C17H27NO2S/c1-4-13-5-10-16(18)17(11-13)21(19,20)15-8-6-14(7-9-15)12(2)3/h6-9,12-13,16-17H,4-5,10-11,18H2,1-3H3. The summed E-state index contributed by atoms with van der Waals surface area (Å²) in [5, 5.41) is -0.430. The molecule has 3 unspecified atom stereocenters. The maximum absolute atomic E-state index is 12.9. The molecule has 2 N–H and O–H groups in total. The highest BCUT2D eigenvalue weighted by atomic mass is 32.2. The minimum Gasteiger partial charge on any atom is -0.327 e. The minimum absolute atomic E-state index is 0.234. The molecule has 4 heteroatoms. The van der Waals surface area contributed by atoms with Crippen LogP contribution in [0.15, 0.2) is 29.2 Å². The van der Waals surface area contributed by atoms with Gasteiger partial charge in [-0.1, -0.05) is 39.3 Å². The molecule has 1 aliphatic carbocycles. The average Bonchev–Trinajstić information content (AvgIpc) is 2.47. The van der Waals surface area contributed by atoms with Crippen molar-refractivity contribution in [1.82, 2.24) is 0 Å². The number of hydrogen-bond acceptors (Lipinski definition) is 3. The number of hydrogen-bond donors (Lipinski definition) is 1. The third-order valence-corrected chi connectivity index (χ3v) is 7.07. The first-order chi connectivity index (χ1) is 9.86. The lowest BCUT2D eigenvalue weighted by atomic mass is 9.84. The normalized spacial score (nSPS) is 27.0. The molecule has 2 rings (SSSR count). The fourth-order valence-electron chi connectivity index (χ4n) is 3.18. The van der Waals surface area contributed by atoms with Crippen molar-refractivity contribution in [2.24, 2.45) is 11.7 Å². The fraction of sp³-hybridized carbons (Fsp3) is 0.647. The minimum atomic E-state index is -3.32. The Morgan fingerprint density at radius 2 is 1.81 bits per heavy atom. The van der Waals surface area contributed by atoms with Gasteiger partial charge in [-0.25, -0.2) is 8.42 Å². The highest BCUT2D eigenvalue weighted by Crippen LogP contribution is 2.33. The van der Waals surface area contributed by atoms with Crippen molar-refractivity contribution in [3.63, 3.8) is 0 Å². The van der Waals surface area contributed by atoms with E-state index in [1.165, 1.54) is 0 Å². The summed E-state index contributed by atoms with van der Waals surface area (Å²) in [4.78, 5) is 0.420. The second-order valence-corrected chi connectivity index (χ2v) is 8.73. The van der Waals surface area contributed by atoms with Gasteiger partial charge in [-0.05, 0) is 48.8 Å². The summed E-state index contributed by atoms with van der Waals surface area (Å²) >= 11 is 0. The Morgan fingerprint density at radius 1 is 1.19 bits per heavy atom. The molecule has 3 atom stereocenters. The molecule has 0 spiro atoms. The molecule has 0 amide bonds. The van der Waals surface area contributed by atoms with E-state index in [4.69, 9.17) is 5.73 Å². The highest BCUT2D eigenvalue weighted by Gasteiger charge is 2.37. The lowest BCUT2D eigenvalue weighted by molar-refractivity contribution is 0.319. The Labute approximate surface area is 128 Å². The van der Waals surface area contributed by atoms with Crippen LogP contribution in [-0.4, -0.2) is 19.7 Å². The van der Waals surface area contributed by atoms with Gasteiger partial charge in [0.15, 0.2) is 9.84 Å². The quantitative estimate of drug-likeness (QED) is 0.926. The Kier molecular flexibility index (Phi) is 5.10. The lowest BCUT2D eigenvalue weighted by Gasteiger charge is -2.33. The van der Waals surface area contributed by atoms with E-state index in [0.29, 0.717) is 23.2 Å². The van der Waals surface area contributed by atoms with E-state index in [2.05, 4.69) is 20.8 Å². The summed E-state index contributed by atoms with van der Waals surface area (Å²) in [5.41, 5.74) is 7.28. The van der Waals surface area contributed by atoms with Crippen LogP contribution in [0.5, 0.6) is 0 Å². The van der Waals surface area contributed by atoms with Crippen LogP contribution in [0.25, 0.3) is 0 Å². The molecule has 3 nitrogen and oxygen atoms in total. The molecule has 1 aromatic rings.